The van der Waals surface area contributed by atoms with Crippen LogP contribution in [0.3, 0.4) is 0 Å². The second kappa shape index (κ2) is 6.26. The zero-order chi connectivity index (χ0) is 12.9. The molecule has 4 nitrogen and oxygen atoms in total. The van der Waals surface area contributed by atoms with Crippen LogP contribution in [0.4, 0.5) is 11.4 Å². The topological polar surface area (TPSA) is 30.5 Å². The van der Waals surface area contributed by atoms with Gasteiger partial charge in [0, 0.05) is 45.8 Å². The largest absolute Gasteiger partial charge is 0.382 e. The van der Waals surface area contributed by atoms with Crippen molar-refractivity contribution in [1.29, 1.82) is 0 Å². The Labute approximate surface area is 115 Å². The van der Waals surface area contributed by atoms with Crippen LogP contribution in [0, 0.1) is 0 Å². The van der Waals surface area contributed by atoms with Crippen LogP contribution >= 0.6 is 0 Å². The van der Waals surface area contributed by atoms with Gasteiger partial charge in [-0.1, -0.05) is 12.1 Å². The van der Waals surface area contributed by atoms with Crippen molar-refractivity contribution in [3.8, 4) is 0 Å². The first-order valence-corrected chi connectivity index (χ1v) is 7.44. The van der Waals surface area contributed by atoms with Crippen LogP contribution in [-0.4, -0.2) is 57.3 Å². The third-order valence-corrected chi connectivity index (χ3v) is 4.05. The van der Waals surface area contributed by atoms with Gasteiger partial charge in [0.25, 0.3) is 0 Å². The molecule has 2 heterocycles. The number of nitrogens with one attached hydrogen (secondary N) is 2. The Morgan fingerprint density at radius 3 is 2.68 bits per heavy atom. The molecule has 1 fully saturated rings. The summed E-state index contributed by atoms with van der Waals surface area (Å²) in [5, 5.41) is 6.88. The van der Waals surface area contributed by atoms with E-state index in [1.54, 1.807) is 0 Å². The fraction of sp³-hybridized carbons (Fsp3) is 0.600. The van der Waals surface area contributed by atoms with Crippen molar-refractivity contribution >= 4 is 11.4 Å². The molecule has 2 N–H and O–H groups in total. The summed E-state index contributed by atoms with van der Waals surface area (Å²) < 4.78 is 0. The van der Waals surface area contributed by atoms with Crippen LogP contribution in [0.15, 0.2) is 24.3 Å². The second-order valence-electron chi connectivity index (χ2n) is 5.38. The third kappa shape index (κ3) is 3.19. The molecule has 3 rings (SSSR count). The van der Waals surface area contributed by atoms with E-state index in [4.69, 9.17) is 0 Å². The molecule has 0 aromatic heterocycles. The molecular weight excluding hydrogens is 236 g/mol. The summed E-state index contributed by atoms with van der Waals surface area (Å²) in [5.74, 6) is 0. The number of fused-ring (bicyclic) bond motifs is 1. The SMILES string of the molecule is c1ccc2c(c1)NCCN2CCCN1CCNCC1. The molecule has 0 unspecified atom stereocenters. The average Bonchev–Trinajstić information content (AvgIpc) is 2.49. The molecule has 104 valence electrons. The monoisotopic (exact) mass is 260 g/mol. The molecule has 0 radical (unpaired) electrons. The van der Waals surface area contributed by atoms with E-state index in [1.165, 1.54) is 44.0 Å². The van der Waals surface area contributed by atoms with E-state index in [9.17, 15) is 0 Å². The maximum absolute atomic E-state index is 3.47. The van der Waals surface area contributed by atoms with E-state index in [0.29, 0.717) is 0 Å². The molecular formula is C15H24N4. The lowest BCUT2D eigenvalue weighted by molar-refractivity contribution is 0.239. The zero-order valence-electron chi connectivity index (χ0n) is 11.6. The number of rotatable bonds is 4. The summed E-state index contributed by atoms with van der Waals surface area (Å²) in [4.78, 5) is 5.10. The number of anilines is 2. The summed E-state index contributed by atoms with van der Waals surface area (Å²) in [5.41, 5.74) is 2.66. The van der Waals surface area contributed by atoms with E-state index in [2.05, 4.69) is 44.7 Å². The minimum Gasteiger partial charge on any atom is -0.382 e. The van der Waals surface area contributed by atoms with Gasteiger partial charge in [-0.2, -0.15) is 0 Å². The summed E-state index contributed by atoms with van der Waals surface area (Å²) in [6.07, 6.45) is 1.26. The van der Waals surface area contributed by atoms with Gasteiger partial charge in [-0.05, 0) is 25.1 Å². The second-order valence-corrected chi connectivity index (χ2v) is 5.38. The normalized spacial score (nSPS) is 19.9. The Morgan fingerprint density at radius 2 is 1.79 bits per heavy atom. The van der Waals surface area contributed by atoms with Crippen LogP contribution in [0.25, 0.3) is 0 Å². The van der Waals surface area contributed by atoms with Crippen LogP contribution in [0.2, 0.25) is 0 Å². The van der Waals surface area contributed by atoms with E-state index >= 15 is 0 Å². The number of hydrogen-bond acceptors (Lipinski definition) is 4. The lowest BCUT2D eigenvalue weighted by Gasteiger charge is -2.33. The summed E-state index contributed by atoms with van der Waals surface area (Å²) in [6, 6.07) is 8.65. The van der Waals surface area contributed by atoms with Gasteiger partial charge in [-0.3, -0.25) is 0 Å². The van der Waals surface area contributed by atoms with Gasteiger partial charge in [0.1, 0.15) is 0 Å². The predicted molar refractivity (Wildman–Crippen MR) is 81.1 cm³/mol. The molecule has 1 aromatic rings. The van der Waals surface area contributed by atoms with Crippen LogP contribution in [-0.2, 0) is 0 Å². The maximum Gasteiger partial charge on any atom is 0.0602 e. The Kier molecular flexibility index (Phi) is 4.20. The van der Waals surface area contributed by atoms with Crippen molar-refractivity contribution in [2.45, 2.75) is 6.42 Å². The Hall–Kier alpha value is -1.26. The molecule has 1 aromatic carbocycles. The Morgan fingerprint density at radius 1 is 0.947 bits per heavy atom. The molecule has 0 aliphatic carbocycles. The van der Waals surface area contributed by atoms with Crippen molar-refractivity contribution in [2.24, 2.45) is 0 Å². The molecule has 2 aliphatic rings. The van der Waals surface area contributed by atoms with Gasteiger partial charge < -0.3 is 20.4 Å². The highest BCUT2D eigenvalue weighted by Gasteiger charge is 2.16. The zero-order valence-corrected chi connectivity index (χ0v) is 11.6. The van der Waals surface area contributed by atoms with Crippen molar-refractivity contribution in [3.63, 3.8) is 0 Å². The van der Waals surface area contributed by atoms with E-state index in [-0.39, 0.29) is 0 Å². The average molecular weight is 260 g/mol. The summed E-state index contributed by atoms with van der Waals surface area (Å²) in [7, 11) is 0. The van der Waals surface area contributed by atoms with Gasteiger partial charge in [-0.15, -0.1) is 0 Å². The molecule has 2 aliphatic heterocycles. The van der Waals surface area contributed by atoms with Crippen LogP contribution < -0.4 is 15.5 Å². The lowest BCUT2D eigenvalue weighted by atomic mass is 10.2. The van der Waals surface area contributed by atoms with Gasteiger partial charge in [0.2, 0.25) is 0 Å². The number of benzene rings is 1. The molecule has 4 heteroatoms. The van der Waals surface area contributed by atoms with Crippen molar-refractivity contribution in [1.82, 2.24) is 10.2 Å². The summed E-state index contributed by atoms with van der Waals surface area (Å²) in [6.45, 7) is 9.29. The van der Waals surface area contributed by atoms with E-state index < -0.39 is 0 Å². The molecule has 19 heavy (non-hydrogen) atoms. The highest BCUT2D eigenvalue weighted by atomic mass is 15.2. The Balaban J connectivity index is 1.50. The highest BCUT2D eigenvalue weighted by Crippen LogP contribution is 2.28. The van der Waals surface area contributed by atoms with Gasteiger partial charge in [0.05, 0.1) is 11.4 Å². The van der Waals surface area contributed by atoms with Crippen molar-refractivity contribution < 1.29 is 0 Å². The highest BCUT2D eigenvalue weighted by molar-refractivity contribution is 5.71. The minimum atomic E-state index is 1.06. The van der Waals surface area contributed by atoms with Crippen molar-refractivity contribution in [3.05, 3.63) is 24.3 Å². The summed E-state index contributed by atoms with van der Waals surface area (Å²) >= 11 is 0. The number of piperazine rings is 1. The van der Waals surface area contributed by atoms with Gasteiger partial charge in [-0.25, -0.2) is 0 Å². The van der Waals surface area contributed by atoms with E-state index in [1.807, 2.05) is 0 Å². The Bertz CT molecular complexity index is 401. The maximum atomic E-state index is 3.47. The van der Waals surface area contributed by atoms with E-state index in [0.717, 1.165) is 26.2 Å². The molecule has 1 saturated heterocycles. The molecule has 0 bridgehead atoms. The molecule has 0 saturated carbocycles. The smallest absolute Gasteiger partial charge is 0.0602 e. The first-order valence-electron chi connectivity index (χ1n) is 7.44. The fourth-order valence-corrected chi connectivity index (χ4v) is 3.00. The molecule has 0 spiro atoms. The predicted octanol–water partition coefficient (Wildman–Crippen LogP) is 1.21. The van der Waals surface area contributed by atoms with Gasteiger partial charge >= 0.3 is 0 Å². The number of para-hydroxylation sites is 2. The standard InChI is InChI=1S/C15H24N4/c1-2-5-15-14(4-1)17-8-13-19(15)10-3-9-18-11-6-16-7-12-18/h1-2,4-5,16-17H,3,6-13H2. The first-order chi connectivity index (χ1) is 9.43. The molecule has 0 atom stereocenters. The first kappa shape index (κ1) is 12.8. The van der Waals surface area contributed by atoms with Crippen LogP contribution in [0.5, 0.6) is 0 Å². The third-order valence-electron chi connectivity index (χ3n) is 4.05. The molecule has 0 amide bonds. The van der Waals surface area contributed by atoms with Crippen LogP contribution in [0.1, 0.15) is 6.42 Å². The van der Waals surface area contributed by atoms with Crippen molar-refractivity contribution in [2.75, 3.05) is 62.6 Å². The number of hydrogen-bond donors (Lipinski definition) is 2. The van der Waals surface area contributed by atoms with Gasteiger partial charge in [0.15, 0.2) is 0 Å². The minimum absolute atomic E-state index is 1.06. The fourth-order valence-electron chi connectivity index (χ4n) is 3.00. The lowest BCUT2D eigenvalue weighted by Crippen LogP contribution is -2.44. The quantitative estimate of drug-likeness (QED) is 0.852. The number of nitrogens with zero attached hydrogens (tertiary/aromatic N) is 2.